The summed E-state index contributed by atoms with van der Waals surface area (Å²) in [4.78, 5) is 20.6. The van der Waals surface area contributed by atoms with E-state index in [1.54, 1.807) is 0 Å². The quantitative estimate of drug-likeness (QED) is 0.535. The van der Waals surface area contributed by atoms with Gasteiger partial charge in [0.2, 0.25) is 0 Å². The summed E-state index contributed by atoms with van der Waals surface area (Å²) in [6.45, 7) is 1.98. The SMILES string of the molecule is Cc1ccc2nc(C(NC(=O)COc3ccccc3)c3ccccc3)[nH]c2c1. The first-order valence-electron chi connectivity index (χ1n) is 9.17. The molecule has 5 nitrogen and oxygen atoms in total. The highest BCUT2D eigenvalue weighted by atomic mass is 16.5. The Balaban J connectivity index is 1.57. The largest absolute Gasteiger partial charge is 0.484 e. The fourth-order valence-corrected chi connectivity index (χ4v) is 3.10. The maximum Gasteiger partial charge on any atom is 0.258 e. The van der Waals surface area contributed by atoms with Gasteiger partial charge in [0.25, 0.3) is 5.91 Å². The van der Waals surface area contributed by atoms with Gasteiger partial charge >= 0.3 is 0 Å². The molecule has 2 N–H and O–H groups in total. The Labute approximate surface area is 163 Å². The number of ether oxygens (including phenoxy) is 1. The number of aryl methyl sites for hydroxylation is 1. The van der Waals surface area contributed by atoms with Crippen LogP contribution in [0.15, 0.2) is 78.9 Å². The molecule has 0 fully saturated rings. The van der Waals surface area contributed by atoms with E-state index in [1.165, 1.54) is 0 Å². The highest BCUT2D eigenvalue weighted by Crippen LogP contribution is 2.23. The molecule has 0 bridgehead atoms. The Bertz CT molecular complexity index is 1070. The number of amides is 1. The second-order valence-electron chi connectivity index (χ2n) is 6.66. The van der Waals surface area contributed by atoms with Gasteiger partial charge in [-0.25, -0.2) is 4.98 Å². The van der Waals surface area contributed by atoms with Crippen molar-refractivity contribution in [3.63, 3.8) is 0 Å². The maximum absolute atomic E-state index is 12.6. The molecular weight excluding hydrogens is 350 g/mol. The highest BCUT2D eigenvalue weighted by molar-refractivity contribution is 5.79. The van der Waals surface area contributed by atoms with Crippen molar-refractivity contribution >= 4 is 16.9 Å². The van der Waals surface area contributed by atoms with E-state index in [1.807, 2.05) is 85.8 Å². The van der Waals surface area contributed by atoms with Crippen LogP contribution in [0.25, 0.3) is 11.0 Å². The summed E-state index contributed by atoms with van der Waals surface area (Å²) in [6, 6.07) is 24.7. The molecule has 0 saturated heterocycles. The van der Waals surface area contributed by atoms with Crippen LogP contribution in [0.1, 0.15) is 23.0 Å². The molecular formula is C23H21N3O2. The molecule has 5 heteroatoms. The number of aromatic nitrogens is 2. The van der Waals surface area contributed by atoms with E-state index >= 15 is 0 Å². The van der Waals surface area contributed by atoms with E-state index in [-0.39, 0.29) is 18.6 Å². The average molecular weight is 371 g/mol. The molecule has 1 heterocycles. The van der Waals surface area contributed by atoms with E-state index in [9.17, 15) is 4.79 Å². The van der Waals surface area contributed by atoms with Gasteiger partial charge in [0.1, 0.15) is 17.6 Å². The van der Waals surface area contributed by atoms with Crippen molar-refractivity contribution in [2.75, 3.05) is 6.61 Å². The van der Waals surface area contributed by atoms with Gasteiger partial charge in [0.05, 0.1) is 11.0 Å². The summed E-state index contributed by atoms with van der Waals surface area (Å²) in [5.74, 6) is 1.14. The molecule has 4 aromatic rings. The van der Waals surface area contributed by atoms with Crippen LogP contribution in [0.3, 0.4) is 0 Å². The van der Waals surface area contributed by atoms with Crippen LogP contribution in [0, 0.1) is 6.92 Å². The lowest BCUT2D eigenvalue weighted by atomic mass is 10.1. The number of imidazole rings is 1. The van der Waals surface area contributed by atoms with E-state index in [4.69, 9.17) is 9.72 Å². The molecule has 140 valence electrons. The highest BCUT2D eigenvalue weighted by Gasteiger charge is 2.20. The lowest BCUT2D eigenvalue weighted by Gasteiger charge is -2.17. The number of benzene rings is 3. The number of aromatic amines is 1. The van der Waals surface area contributed by atoms with Gasteiger partial charge in [0.15, 0.2) is 6.61 Å². The van der Waals surface area contributed by atoms with Crippen molar-refractivity contribution < 1.29 is 9.53 Å². The van der Waals surface area contributed by atoms with Crippen LogP contribution >= 0.6 is 0 Å². The van der Waals surface area contributed by atoms with Crippen molar-refractivity contribution in [2.45, 2.75) is 13.0 Å². The predicted octanol–water partition coefficient (Wildman–Crippen LogP) is 4.16. The van der Waals surface area contributed by atoms with E-state index in [0.29, 0.717) is 11.6 Å². The van der Waals surface area contributed by atoms with Crippen molar-refractivity contribution in [1.82, 2.24) is 15.3 Å². The molecule has 1 unspecified atom stereocenters. The molecule has 0 saturated carbocycles. The third-order valence-electron chi connectivity index (χ3n) is 4.48. The minimum Gasteiger partial charge on any atom is -0.484 e. The molecule has 0 aliphatic heterocycles. The van der Waals surface area contributed by atoms with Gasteiger partial charge < -0.3 is 15.0 Å². The van der Waals surface area contributed by atoms with Crippen LogP contribution in [-0.4, -0.2) is 22.5 Å². The minimum atomic E-state index is -0.388. The number of carbonyl (C=O) groups excluding carboxylic acids is 1. The molecule has 1 atom stereocenters. The van der Waals surface area contributed by atoms with Crippen molar-refractivity contribution in [3.05, 3.63) is 95.8 Å². The minimum absolute atomic E-state index is 0.0628. The molecule has 3 aromatic carbocycles. The second-order valence-corrected chi connectivity index (χ2v) is 6.66. The van der Waals surface area contributed by atoms with Crippen molar-refractivity contribution in [2.24, 2.45) is 0 Å². The summed E-state index contributed by atoms with van der Waals surface area (Å²) >= 11 is 0. The van der Waals surface area contributed by atoms with Crippen LogP contribution in [-0.2, 0) is 4.79 Å². The Kier molecular flexibility index (Phi) is 5.06. The van der Waals surface area contributed by atoms with Crippen LogP contribution in [0.2, 0.25) is 0 Å². The van der Waals surface area contributed by atoms with Crippen LogP contribution < -0.4 is 10.1 Å². The predicted molar refractivity (Wildman–Crippen MR) is 109 cm³/mol. The van der Waals surface area contributed by atoms with Gasteiger partial charge in [0, 0.05) is 0 Å². The Morgan fingerprint density at radius 1 is 1.04 bits per heavy atom. The number of nitrogens with zero attached hydrogens (tertiary/aromatic N) is 1. The molecule has 0 aliphatic carbocycles. The van der Waals surface area contributed by atoms with Crippen molar-refractivity contribution in [3.8, 4) is 5.75 Å². The third kappa shape index (κ3) is 4.04. The number of carbonyl (C=O) groups is 1. The number of H-pyrrole nitrogens is 1. The zero-order chi connectivity index (χ0) is 19.3. The van der Waals surface area contributed by atoms with Gasteiger partial charge in [-0.3, -0.25) is 4.79 Å². The summed E-state index contributed by atoms with van der Waals surface area (Å²) in [6.07, 6.45) is 0. The van der Waals surface area contributed by atoms with Crippen LogP contribution in [0.4, 0.5) is 0 Å². The summed E-state index contributed by atoms with van der Waals surface area (Å²) in [5, 5.41) is 3.04. The first-order chi connectivity index (χ1) is 13.7. The van der Waals surface area contributed by atoms with Gasteiger partial charge in [-0.05, 0) is 42.3 Å². The monoisotopic (exact) mass is 371 g/mol. The molecule has 0 spiro atoms. The summed E-state index contributed by atoms with van der Waals surface area (Å²) < 4.78 is 5.57. The van der Waals surface area contributed by atoms with E-state index < -0.39 is 0 Å². The number of para-hydroxylation sites is 1. The standard InChI is InChI=1S/C23H21N3O2/c1-16-12-13-19-20(14-16)25-23(24-19)22(17-8-4-2-5-9-17)26-21(27)15-28-18-10-6-3-7-11-18/h2-14,22H,15H2,1H3,(H,24,25)(H,26,27). The Morgan fingerprint density at radius 2 is 1.75 bits per heavy atom. The normalized spacial score (nSPS) is 11.9. The molecule has 0 aliphatic rings. The zero-order valence-corrected chi connectivity index (χ0v) is 15.6. The molecule has 1 amide bonds. The molecule has 4 rings (SSSR count). The fraction of sp³-hybridized carbons (Fsp3) is 0.130. The first-order valence-corrected chi connectivity index (χ1v) is 9.17. The smallest absolute Gasteiger partial charge is 0.258 e. The molecule has 1 aromatic heterocycles. The van der Waals surface area contributed by atoms with Gasteiger partial charge in [-0.1, -0.05) is 54.6 Å². The Hall–Kier alpha value is -3.60. The fourth-order valence-electron chi connectivity index (χ4n) is 3.10. The van der Waals surface area contributed by atoms with Crippen molar-refractivity contribution in [1.29, 1.82) is 0 Å². The lowest BCUT2D eigenvalue weighted by Crippen LogP contribution is -2.33. The van der Waals surface area contributed by atoms with Gasteiger partial charge in [-0.15, -0.1) is 0 Å². The van der Waals surface area contributed by atoms with E-state index in [0.717, 1.165) is 22.2 Å². The molecule has 0 radical (unpaired) electrons. The molecule has 28 heavy (non-hydrogen) atoms. The third-order valence-corrected chi connectivity index (χ3v) is 4.48. The number of hydrogen-bond acceptors (Lipinski definition) is 3. The zero-order valence-electron chi connectivity index (χ0n) is 15.6. The summed E-state index contributed by atoms with van der Waals surface area (Å²) in [5.41, 5.74) is 3.92. The topological polar surface area (TPSA) is 67.0 Å². The van der Waals surface area contributed by atoms with Crippen LogP contribution in [0.5, 0.6) is 5.75 Å². The average Bonchev–Trinajstić information content (AvgIpc) is 3.14. The van der Waals surface area contributed by atoms with E-state index in [2.05, 4.69) is 10.3 Å². The number of hydrogen-bond donors (Lipinski definition) is 2. The number of rotatable bonds is 6. The number of fused-ring (bicyclic) bond motifs is 1. The first kappa shape index (κ1) is 17.8. The Morgan fingerprint density at radius 3 is 2.50 bits per heavy atom. The maximum atomic E-state index is 12.6. The summed E-state index contributed by atoms with van der Waals surface area (Å²) in [7, 11) is 0. The second kappa shape index (κ2) is 7.96. The lowest BCUT2D eigenvalue weighted by molar-refractivity contribution is -0.123. The van der Waals surface area contributed by atoms with Gasteiger partial charge in [-0.2, -0.15) is 0 Å². The number of nitrogens with one attached hydrogen (secondary N) is 2.